The van der Waals surface area contributed by atoms with Crippen LogP contribution in [0.2, 0.25) is 0 Å². The number of benzene rings is 1. The van der Waals surface area contributed by atoms with Gasteiger partial charge in [0.05, 0.1) is 0 Å². The maximum absolute atomic E-state index is 13.6. The lowest BCUT2D eigenvalue weighted by molar-refractivity contribution is 0.136. The largest absolute Gasteiger partial charge is 0.486 e. The van der Waals surface area contributed by atoms with E-state index in [1.54, 1.807) is 0 Å². The second kappa shape index (κ2) is 5.45. The Morgan fingerprint density at radius 2 is 2.11 bits per heavy atom. The fourth-order valence-electron chi connectivity index (χ4n) is 2.82. The van der Waals surface area contributed by atoms with Crippen LogP contribution in [-0.2, 0) is 0 Å². The molecule has 0 aromatic heterocycles. The molecule has 106 valence electrons. The van der Waals surface area contributed by atoms with Gasteiger partial charge in [-0.25, -0.2) is 8.78 Å². The SMILES string of the molecule is CCNC1C(Oc2cc(F)ccc2F)CCC1(C)C. The quantitative estimate of drug-likeness (QED) is 0.903. The van der Waals surface area contributed by atoms with E-state index in [0.29, 0.717) is 0 Å². The minimum Gasteiger partial charge on any atom is -0.486 e. The average Bonchev–Trinajstić information content (AvgIpc) is 2.62. The lowest BCUT2D eigenvalue weighted by Gasteiger charge is -2.31. The van der Waals surface area contributed by atoms with Gasteiger partial charge in [0, 0.05) is 12.1 Å². The van der Waals surface area contributed by atoms with Crippen molar-refractivity contribution in [2.75, 3.05) is 6.54 Å². The van der Waals surface area contributed by atoms with Gasteiger partial charge < -0.3 is 10.1 Å². The number of nitrogens with one attached hydrogen (secondary N) is 1. The Kier molecular flexibility index (Phi) is 4.09. The summed E-state index contributed by atoms with van der Waals surface area (Å²) in [6, 6.07) is 3.47. The second-order valence-electron chi connectivity index (χ2n) is 5.79. The molecule has 0 heterocycles. The fraction of sp³-hybridized carbons (Fsp3) is 0.600. The van der Waals surface area contributed by atoms with Gasteiger partial charge in [0.1, 0.15) is 11.9 Å². The zero-order valence-electron chi connectivity index (χ0n) is 11.7. The van der Waals surface area contributed by atoms with Crippen LogP contribution in [0.25, 0.3) is 0 Å². The Bertz CT molecular complexity index is 448. The van der Waals surface area contributed by atoms with E-state index in [1.807, 2.05) is 6.92 Å². The third-order valence-corrected chi connectivity index (χ3v) is 3.88. The van der Waals surface area contributed by atoms with Crippen LogP contribution in [0.1, 0.15) is 33.6 Å². The van der Waals surface area contributed by atoms with E-state index < -0.39 is 11.6 Å². The lowest BCUT2D eigenvalue weighted by Crippen LogP contribution is -2.46. The summed E-state index contributed by atoms with van der Waals surface area (Å²) in [5.41, 5.74) is 0.102. The van der Waals surface area contributed by atoms with Crippen molar-refractivity contribution in [2.45, 2.75) is 45.8 Å². The molecule has 2 unspecified atom stereocenters. The van der Waals surface area contributed by atoms with Gasteiger partial charge >= 0.3 is 0 Å². The van der Waals surface area contributed by atoms with Crippen molar-refractivity contribution in [3.63, 3.8) is 0 Å². The number of hydrogen-bond acceptors (Lipinski definition) is 2. The number of hydrogen-bond donors (Lipinski definition) is 1. The van der Waals surface area contributed by atoms with E-state index in [9.17, 15) is 8.78 Å². The first kappa shape index (κ1) is 14.3. The van der Waals surface area contributed by atoms with Crippen LogP contribution >= 0.6 is 0 Å². The van der Waals surface area contributed by atoms with Gasteiger partial charge in [-0.1, -0.05) is 20.8 Å². The minimum atomic E-state index is -0.513. The van der Waals surface area contributed by atoms with Gasteiger partial charge in [-0.15, -0.1) is 0 Å². The average molecular weight is 269 g/mol. The van der Waals surface area contributed by atoms with E-state index in [1.165, 1.54) is 0 Å². The van der Waals surface area contributed by atoms with Crippen LogP contribution in [0.15, 0.2) is 18.2 Å². The molecule has 0 spiro atoms. The molecule has 1 saturated carbocycles. The smallest absolute Gasteiger partial charge is 0.165 e. The Morgan fingerprint density at radius 1 is 1.37 bits per heavy atom. The summed E-state index contributed by atoms with van der Waals surface area (Å²) in [7, 11) is 0. The Hall–Kier alpha value is -1.16. The summed E-state index contributed by atoms with van der Waals surface area (Å²) in [4.78, 5) is 0. The molecule has 1 aliphatic rings. The van der Waals surface area contributed by atoms with E-state index in [4.69, 9.17) is 4.74 Å². The fourth-order valence-corrected chi connectivity index (χ4v) is 2.82. The number of ether oxygens (including phenoxy) is 1. The molecule has 2 nitrogen and oxygen atoms in total. The molecule has 1 fully saturated rings. The maximum atomic E-state index is 13.6. The highest BCUT2D eigenvalue weighted by Gasteiger charge is 2.43. The monoisotopic (exact) mass is 269 g/mol. The third kappa shape index (κ3) is 3.06. The first-order chi connectivity index (χ1) is 8.94. The third-order valence-electron chi connectivity index (χ3n) is 3.88. The van der Waals surface area contributed by atoms with Crippen LogP contribution < -0.4 is 10.1 Å². The van der Waals surface area contributed by atoms with E-state index in [-0.39, 0.29) is 23.3 Å². The predicted molar refractivity (Wildman–Crippen MR) is 71.3 cm³/mol. The van der Waals surface area contributed by atoms with Crippen molar-refractivity contribution >= 4 is 0 Å². The minimum absolute atomic E-state index is 0.00519. The summed E-state index contributed by atoms with van der Waals surface area (Å²) in [5, 5.41) is 3.40. The molecular formula is C15H21F2NO. The van der Waals surface area contributed by atoms with Gasteiger partial charge in [0.2, 0.25) is 0 Å². The standard InChI is InChI=1S/C15H21F2NO/c1-4-18-14-12(7-8-15(14,2)3)19-13-9-10(16)5-6-11(13)17/h5-6,9,12,14,18H,4,7-8H2,1-3H3. The van der Waals surface area contributed by atoms with E-state index >= 15 is 0 Å². The summed E-state index contributed by atoms with van der Waals surface area (Å²) >= 11 is 0. The van der Waals surface area contributed by atoms with Gasteiger partial charge in [0.25, 0.3) is 0 Å². The van der Waals surface area contributed by atoms with E-state index in [2.05, 4.69) is 19.2 Å². The van der Waals surface area contributed by atoms with Gasteiger partial charge in [-0.3, -0.25) is 0 Å². The lowest BCUT2D eigenvalue weighted by atomic mass is 9.87. The first-order valence-corrected chi connectivity index (χ1v) is 6.79. The van der Waals surface area contributed by atoms with Crippen LogP contribution in [-0.4, -0.2) is 18.7 Å². The van der Waals surface area contributed by atoms with Gasteiger partial charge in [-0.2, -0.15) is 0 Å². The van der Waals surface area contributed by atoms with Gasteiger partial charge in [0.15, 0.2) is 11.6 Å². The summed E-state index contributed by atoms with van der Waals surface area (Å²) < 4.78 is 32.5. The van der Waals surface area contributed by atoms with Crippen LogP contribution in [0.3, 0.4) is 0 Å². The van der Waals surface area contributed by atoms with Crippen LogP contribution in [0.5, 0.6) is 5.75 Å². The van der Waals surface area contributed by atoms with E-state index in [0.717, 1.165) is 37.6 Å². The molecule has 1 N–H and O–H groups in total. The van der Waals surface area contributed by atoms with Crippen molar-refractivity contribution in [3.05, 3.63) is 29.8 Å². The molecule has 1 aromatic rings. The van der Waals surface area contributed by atoms with Gasteiger partial charge in [-0.05, 0) is 36.9 Å². The van der Waals surface area contributed by atoms with Crippen molar-refractivity contribution in [1.29, 1.82) is 0 Å². The van der Waals surface area contributed by atoms with Crippen molar-refractivity contribution in [2.24, 2.45) is 5.41 Å². The highest BCUT2D eigenvalue weighted by atomic mass is 19.1. The summed E-state index contributed by atoms with van der Waals surface area (Å²) in [5.74, 6) is -0.986. The van der Waals surface area contributed by atoms with Crippen LogP contribution in [0.4, 0.5) is 8.78 Å². The highest BCUT2D eigenvalue weighted by Crippen LogP contribution is 2.39. The topological polar surface area (TPSA) is 21.3 Å². The summed E-state index contributed by atoms with van der Waals surface area (Å²) in [6.45, 7) is 7.21. The number of likely N-dealkylation sites (N-methyl/N-ethyl adjacent to an activating group) is 1. The zero-order valence-corrected chi connectivity index (χ0v) is 11.7. The summed E-state index contributed by atoms with van der Waals surface area (Å²) in [6.07, 6.45) is 1.73. The second-order valence-corrected chi connectivity index (χ2v) is 5.79. The van der Waals surface area contributed by atoms with Crippen molar-refractivity contribution < 1.29 is 13.5 Å². The molecule has 0 saturated heterocycles. The Labute approximate surface area is 113 Å². The van der Waals surface area contributed by atoms with Crippen LogP contribution in [0, 0.1) is 17.0 Å². The Morgan fingerprint density at radius 3 is 2.79 bits per heavy atom. The Balaban J connectivity index is 2.16. The molecule has 0 radical (unpaired) electrons. The number of rotatable bonds is 4. The maximum Gasteiger partial charge on any atom is 0.165 e. The molecule has 2 atom stereocenters. The molecule has 0 amide bonds. The normalized spacial score (nSPS) is 25.5. The molecule has 2 rings (SSSR count). The molecule has 4 heteroatoms. The molecule has 0 aliphatic heterocycles. The molecule has 1 aromatic carbocycles. The van der Waals surface area contributed by atoms with Crippen molar-refractivity contribution in [3.8, 4) is 5.75 Å². The molecular weight excluding hydrogens is 248 g/mol. The molecule has 0 bridgehead atoms. The first-order valence-electron chi connectivity index (χ1n) is 6.79. The highest BCUT2D eigenvalue weighted by molar-refractivity contribution is 5.25. The zero-order chi connectivity index (χ0) is 14.0. The predicted octanol–water partition coefficient (Wildman–Crippen LogP) is 3.51. The van der Waals surface area contributed by atoms with Crippen molar-refractivity contribution in [1.82, 2.24) is 5.32 Å². The molecule has 19 heavy (non-hydrogen) atoms. The number of halogens is 2. The molecule has 1 aliphatic carbocycles.